The van der Waals surface area contributed by atoms with Crippen LogP contribution < -0.4 is 0 Å². The Labute approximate surface area is 194 Å². The fourth-order valence-electron chi connectivity index (χ4n) is 3.75. The average molecular weight is 445 g/mol. The Balaban J connectivity index is 1.49. The fraction of sp³-hybridized carbons (Fsp3) is 0.250. The summed E-state index contributed by atoms with van der Waals surface area (Å²) in [4.78, 5) is 12.4. The molecule has 0 N–H and O–H groups in total. The number of carbonyl (C=O) groups excluding carboxylic acids is 1. The SMILES string of the molecule is O=C[C@@]1(OCc2ccccc2)C=CO[C@H](COCc2ccccc2)[C@@H]1OCc1ccccc1. The van der Waals surface area contributed by atoms with Crippen LogP contribution in [0.25, 0.3) is 0 Å². The van der Waals surface area contributed by atoms with Crippen LogP contribution in [0.3, 0.4) is 0 Å². The van der Waals surface area contributed by atoms with E-state index in [-0.39, 0.29) is 13.2 Å². The molecule has 1 aliphatic heterocycles. The van der Waals surface area contributed by atoms with Gasteiger partial charge in [-0.25, -0.2) is 0 Å². The highest BCUT2D eigenvalue weighted by atomic mass is 16.6. The number of hydrogen-bond donors (Lipinski definition) is 0. The van der Waals surface area contributed by atoms with E-state index in [2.05, 4.69) is 0 Å². The van der Waals surface area contributed by atoms with E-state index in [0.717, 1.165) is 23.0 Å². The molecule has 0 bridgehead atoms. The van der Waals surface area contributed by atoms with Crippen LogP contribution in [0, 0.1) is 0 Å². The zero-order chi connectivity index (χ0) is 22.8. The van der Waals surface area contributed by atoms with E-state index in [1.54, 1.807) is 6.08 Å². The van der Waals surface area contributed by atoms with Crippen molar-refractivity contribution in [2.45, 2.75) is 37.6 Å². The first-order valence-corrected chi connectivity index (χ1v) is 11.0. The van der Waals surface area contributed by atoms with Gasteiger partial charge in [-0.1, -0.05) is 91.0 Å². The number of carbonyl (C=O) groups is 1. The van der Waals surface area contributed by atoms with Crippen LogP contribution in [-0.2, 0) is 43.6 Å². The summed E-state index contributed by atoms with van der Waals surface area (Å²) in [5.74, 6) is 0. The molecule has 33 heavy (non-hydrogen) atoms. The Kier molecular flexibility index (Phi) is 8.04. The van der Waals surface area contributed by atoms with Gasteiger partial charge in [0.15, 0.2) is 18.0 Å². The summed E-state index contributed by atoms with van der Waals surface area (Å²) in [5.41, 5.74) is 1.74. The summed E-state index contributed by atoms with van der Waals surface area (Å²) < 4.78 is 24.2. The minimum atomic E-state index is -1.29. The van der Waals surface area contributed by atoms with Crippen LogP contribution in [-0.4, -0.2) is 30.7 Å². The summed E-state index contributed by atoms with van der Waals surface area (Å²) in [6, 6.07) is 29.5. The maximum absolute atomic E-state index is 12.4. The normalized spacial score (nSPS) is 21.9. The Hall–Kier alpha value is -3.25. The molecule has 5 nitrogen and oxygen atoms in total. The number of aldehydes is 1. The molecule has 1 aliphatic rings. The first kappa shape index (κ1) is 22.9. The maximum atomic E-state index is 12.4. The summed E-state index contributed by atoms with van der Waals surface area (Å²) in [6.07, 6.45) is 2.75. The molecule has 4 rings (SSSR count). The Morgan fingerprint density at radius 3 is 1.88 bits per heavy atom. The molecule has 0 aliphatic carbocycles. The Morgan fingerprint density at radius 1 is 0.758 bits per heavy atom. The molecule has 0 saturated heterocycles. The van der Waals surface area contributed by atoms with Crippen LogP contribution in [0.4, 0.5) is 0 Å². The molecular weight excluding hydrogens is 416 g/mol. The molecular formula is C28H28O5. The van der Waals surface area contributed by atoms with E-state index >= 15 is 0 Å². The molecule has 0 aromatic heterocycles. The highest BCUT2D eigenvalue weighted by molar-refractivity contribution is 5.68. The predicted molar refractivity (Wildman–Crippen MR) is 125 cm³/mol. The smallest absolute Gasteiger partial charge is 0.174 e. The second kappa shape index (κ2) is 11.6. The quantitative estimate of drug-likeness (QED) is 0.396. The third kappa shape index (κ3) is 6.17. The van der Waals surface area contributed by atoms with Crippen molar-refractivity contribution in [2.75, 3.05) is 6.61 Å². The van der Waals surface area contributed by atoms with Gasteiger partial charge in [0.2, 0.25) is 0 Å². The van der Waals surface area contributed by atoms with E-state index in [9.17, 15) is 4.79 Å². The molecule has 0 radical (unpaired) electrons. The third-order valence-corrected chi connectivity index (χ3v) is 5.55. The molecule has 1 heterocycles. The second-order valence-corrected chi connectivity index (χ2v) is 7.94. The van der Waals surface area contributed by atoms with E-state index in [0.29, 0.717) is 13.2 Å². The molecule has 0 amide bonds. The average Bonchev–Trinajstić information content (AvgIpc) is 2.88. The van der Waals surface area contributed by atoms with Crippen molar-refractivity contribution >= 4 is 6.29 Å². The molecule has 3 atom stereocenters. The lowest BCUT2D eigenvalue weighted by molar-refractivity contribution is -0.189. The zero-order valence-electron chi connectivity index (χ0n) is 18.4. The third-order valence-electron chi connectivity index (χ3n) is 5.55. The van der Waals surface area contributed by atoms with Gasteiger partial charge in [-0.3, -0.25) is 4.79 Å². The van der Waals surface area contributed by atoms with Gasteiger partial charge in [0.1, 0.15) is 6.10 Å². The number of ether oxygens (including phenoxy) is 4. The second-order valence-electron chi connectivity index (χ2n) is 7.94. The predicted octanol–water partition coefficient (Wildman–Crippen LogP) is 4.86. The molecule has 5 heteroatoms. The van der Waals surface area contributed by atoms with Gasteiger partial charge in [-0.15, -0.1) is 0 Å². The van der Waals surface area contributed by atoms with E-state index in [1.165, 1.54) is 6.26 Å². The highest BCUT2D eigenvalue weighted by Gasteiger charge is 2.47. The molecule has 0 spiro atoms. The van der Waals surface area contributed by atoms with Crippen LogP contribution in [0.2, 0.25) is 0 Å². The van der Waals surface area contributed by atoms with Gasteiger partial charge in [-0.05, 0) is 22.8 Å². The van der Waals surface area contributed by atoms with Crippen LogP contribution in [0.15, 0.2) is 103 Å². The highest BCUT2D eigenvalue weighted by Crippen LogP contribution is 2.30. The number of hydrogen-bond acceptors (Lipinski definition) is 5. The first-order chi connectivity index (χ1) is 16.3. The monoisotopic (exact) mass is 444 g/mol. The van der Waals surface area contributed by atoms with E-state index in [4.69, 9.17) is 18.9 Å². The first-order valence-electron chi connectivity index (χ1n) is 11.0. The standard InChI is InChI=1S/C28H28O5/c29-22-28(33-20-25-14-8-3-9-15-25)16-17-31-26(21-30-18-23-10-4-1-5-11-23)27(28)32-19-24-12-6-2-7-13-24/h1-17,22,26-27H,18-21H2/t26-,27+,28+/m1/s1. The lowest BCUT2D eigenvalue weighted by Gasteiger charge is -2.40. The Morgan fingerprint density at radius 2 is 1.30 bits per heavy atom. The largest absolute Gasteiger partial charge is 0.493 e. The lowest BCUT2D eigenvalue weighted by Crippen LogP contribution is -2.56. The topological polar surface area (TPSA) is 54.0 Å². The summed E-state index contributed by atoms with van der Waals surface area (Å²) in [6.45, 7) is 1.28. The van der Waals surface area contributed by atoms with Crippen molar-refractivity contribution in [3.8, 4) is 0 Å². The minimum absolute atomic E-state index is 0.253. The van der Waals surface area contributed by atoms with Crippen molar-refractivity contribution in [3.63, 3.8) is 0 Å². The fourth-order valence-corrected chi connectivity index (χ4v) is 3.75. The summed E-state index contributed by atoms with van der Waals surface area (Å²) in [5, 5.41) is 0. The molecule has 0 unspecified atom stereocenters. The molecule has 0 fully saturated rings. The molecule has 3 aromatic rings. The number of rotatable bonds is 11. The maximum Gasteiger partial charge on any atom is 0.174 e. The van der Waals surface area contributed by atoms with E-state index in [1.807, 2.05) is 91.0 Å². The van der Waals surface area contributed by atoms with Gasteiger partial charge in [0, 0.05) is 0 Å². The summed E-state index contributed by atoms with van der Waals surface area (Å²) in [7, 11) is 0. The van der Waals surface area contributed by atoms with Crippen LogP contribution >= 0.6 is 0 Å². The van der Waals surface area contributed by atoms with Gasteiger partial charge >= 0.3 is 0 Å². The van der Waals surface area contributed by atoms with Gasteiger partial charge in [0.25, 0.3) is 0 Å². The zero-order valence-corrected chi connectivity index (χ0v) is 18.4. The lowest BCUT2D eigenvalue weighted by atomic mass is 9.91. The number of benzene rings is 3. The van der Waals surface area contributed by atoms with Crippen LogP contribution in [0.5, 0.6) is 0 Å². The van der Waals surface area contributed by atoms with Crippen LogP contribution in [0.1, 0.15) is 16.7 Å². The van der Waals surface area contributed by atoms with Crippen molar-refractivity contribution in [1.29, 1.82) is 0 Å². The van der Waals surface area contributed by atoms with Crippen molar-refractivity contribution < 1.29 is 23.7 Å². The van der Waals surface area contributed by atoms with E-state index < -0.39 is 17.8 Å². The van der Waals surface area contributed by atoms with Crippen molar-refractivity contribution in [3.05, 3.63) is 120 Å². The molecule has 170 valence electrons. The van der Waals surface area contributed by atoms with Crippen molar-refractivity contribution in [2.24, 2.45) is 0 Å². The van der Waals surface area contributed by atoms with Gasteiger partial charge in [-0.2, -0.15) is 0 Å². The van der Waals surface area contributed by atoms with Gasteiger partial charge < -0.3 is 18.9 Å². The summed E-state index contributed by atoms with van der Waals surface area (Å²) >= 11 is 0. The Bertz CT molecular complexity index is 1010. The van der Waals surface area contributed by atoms with Crippen molar-refractivity contribution in [1.82, 2.24) is 0 Å². The van der Waals surface area contributed by atoms with Gasteiger partial charge in [0.05, 0.1) is 32.7 Å². The molecule has 3 aromatic carbocycles. The minimum Gasteiger partial charge on any atom is -0.493 e. The molecule has 0 saturated carbocycles.